The predicted molar refractivity (Wildman–Crippen MR) is 84.0 cm³/mol. The van der Waals surface area contributed by atoms with Crippen LogP contribution < -0.4 is 4.74 Å². The lowest BCUT2D eigenvalue weighted by Crippen LogP contribution is -2.37. The molecule has 0 aromatic heterocycles. The van der Waals surface area contributed by atoms with Crippen LogP contribution in [0.15, 0.2) is 35.9 Å². The summed E-state index contributed by atoms with van der Waals surface area (Å²) >= 11 is 0. The molecule has 0 unspecified atom stereocenters. The van der Waals surface area contributed by atoms with Crippen LogP contribution in [0.5, 0.6) is 5.75 Å². The third-order valence-electron chi connectivity index (χ3n) is 5.55. The average molecular weight is 270 g/mol. The van der Waals surface area contributed by atoms with Gasteiger partial charge in [-0.15, -0.1) is 0 Å². The maximum absolute atomic E-state index is 5.28. The summed E-state index contributed by atoms with van der Waals surface area (Å²) in [5.74, 6) is 4.84. The van der Waals surface area contributed by atoms with Gasteiger partial charge in [-0.05, 0) is 67.1 Å². The summed E-state index contributed by atoms with van der Waals surface area (Å²) in [4.78, 5) is 0. The molecule has 2 bridgehead atoms. The molecule has 1 aromatic rings. The molecule has 0 spiro atoms. The largest absolute Gasteiger partial charge is 0.497 e. The molecule has 4 rings (SSSR count). The fourth-order valence-electron chi connectivity index (χ4n) is 4.32. The Balaban J connectivity index is 1.90. The molecule has 4 atom stereocenters. The van der Waals surface area contributed by atoms with Gasteiger partial charge in [0.2, 0.25) is 0 Å². The van der Waals surface area contributed by atoms with Crippen LogP contribution in [0.1, 0.15) is 45.1 Å². The summed E-state index contributed by atoms with van der Waals surface area (Å²) in [5, 5.41) is 0. The maximum atomic E-state index is 5.28. The molecule has 108 valence electrons. The molecular weight excluding hydrogens is 244 g/mol. The smallest absolute Gasteiger partial charge is 0.118 e. The first-order valence-corrected chi connectivity index (χ1v) is 7.92. The van der Waals surface area contributed by atoms with Crippen molar-refractivity contribution in [3.05, 3.63) is 41.5 Å². The zero-order valence-corrected chi connectivity index (χ0v) is 13.1. The highest BCUT2D eigenvalue weighted by atomic mass is 16.5. The van der Waals surface area contributed by atoms with E-state index in [9.17, 15) is 0 Å². The van der Waals surface area contributed by atoms with E-state index in [0.29, 0.717) is 5.92 Å². The van der Waals surface area contributed by atoms with Crippen LogP contribution in [0.25, 0.3) is 0 Å². The van der Waals surface area contributed by atoms with E-state index >= 15 is 0 Å². The molecule has 0 saturated heterocycles. The first kappa shape index (κ1) is 13.7. The van der Waals surface area contributed by atoms with Gasteiger partial charge in [0, 0.05) is 0 Å². The molecule has 1 aromatic carbocycles. The van der Waals surface area contributed by atoms with Crippen molar-refractivity contribution in [2.24, 2.45) is 23.7 Å². The molecular formula is C19H26O. The monoisotopic (exact) mass is 270 g/mol. The highest BCUT2D eigenvalue weighted by Gasteiger charge is 2.42. The molecule has 0 N–H and O–H groups in total. The highest BCUT2D eigenvalue weighted by molar-refractivity contribution is 5.33. The van der Waals surface area contributed by atoms with Gasteiger partial charge in [-0.2, -0.15) is 0 Å². The summed E-state index contributed by atoms with van der Waals surface area (Å²) < 4.78 is 5.28. The molecule has 0 amide bonds. The zero-order chi connectivity index (χ0) is 14.3. The van der Waals surface area contributed by atoms with Crippen LogP contribution in [-0.2, 0) is 0 Å². The Labute approximate surface area is 123 Å². The standard InChI is InChI=1S/C19H26O/c1-12(2)17-10-15-11-18(19(17)9-13(15)3)14-5-7-16(20-4)8-6-14/h5-9,12,15,17-19H,10-11H2,1-4H3/t15-,17-,18-,19+/m0/s1. The van der Waals surface area contributed by atoms with E-state index in [1.54, 1.807) is 12.7 Å². The van der Waals surface area contributed by atoms with Crippen molar-refractivity contribution < 1.29 is 4.74 Å². The van der Waals surface area contributed by atoms with E-state index in [-0.39, 0.29) is 0 Å². The Kier molecular flexibility index (Phi) is 3.62. The van der Waals surface area contributed by atoms with Gasteiger partial charge in [-0.1, -0.05) is 37.6 Å². The van der Waals surface area contributed by atoms with Gasteiger partial charge < -0.3 is 4.74 Å². The van der Waals surface area contributed by atoms with E-state index in [0.717, 1.165) is 29.4 Å². The van der Waals surface area contributed by atoms with E-state index in [2.05, 4.69) is 51.1 Å². The van der Waals surface area contributed by atoms with Gasteiger partial charge >= 0.3 is 0 Å². The molecule has 3 aliphatic rings. The number of ether oxygens (including phenoxy) is 1. The van der Waals surface area contributed by atoms with Gasteiger partial charge in [-0.25, -0.2) is 0 Å². The van der Waals surface area contributed by atoms with Gasteiger partial charge in [0.1, 0.15) is 5.75 Å². The van der Waals surface area contributed by atoms with Crippen LogP contribution in [0, 0.1) is 23.7 Å². The lowest BCUT2D eigenvalue weighted by atomic mass is 9.57. The van der Waals surface area contributed by atoms with Crippen molar-refractivity contribution >= 4 is 0 Å². The minimum Gasteiger partial charge on any atom is -0.497 e. The number of benzene rings is 1. The first-order chi connectivity index (χ1) is 9.60. The molecule has 0 aliphatic heterocycles. The van der Waals surface area contributed by atoms with Crippen LogP contribution >= 0.6 is 0 Å². The lowest BCUT2D eigenvalue weighted by molar-refractivity contribution is 0.136. The van der Waals surface area contributed by atoms with E-state index in [1.165, 1.54) is 18.4 Å². The predicted octanol–water partition coefficient (Wildman–Crippen LogP) is 5.04. The quantitative estimate of drug-likeness (QED) is 0.699. The SMILES string of the molecule is COc1ccc([C@@H]2C[C@@H]3C[C@@H](C(C)C)[C@H]2C=C3C)cc1. The maximum Gasteiger partial charge on any atom is 0.118 e. The van der Waals surface area contributed by atoms with Crippen LogP contribution in [0.3, 0.4) is 0 Å². The average Bonchev–Trinajstić information content (AvgIpc) is 2.47. The van der Waals surface area contributed by atoms with Crippen molar-refractivity contribution in [2.45, 2.75) is 39.5 Å². The molecule has 20 heavy (non-hydrogen) atoms. The molecule has 1 fully saturated rings. The number of rotatable bonds is 3. The summed E-state index contributed by atoms with van der Waals surface area (Å²) in [6, 6.07) is 8.76. The lowest BCUT2D eigenvalue weighted by Gasteiger charge is -2.48. The Morgan fingerprint density at radius 1 is 1.10 bits per heavy atom. The molecule has 0 heterocycles. The number of hydrogen-bond donors (Lipinski definition) is 0. The van der Waals surface area contributed by atoms with Crippen molar-refractivity contribution in [1.82, 2.24) is 0 Å². The van der Waals surface area contributed by atoms with Gasteiger partial charge in [0.15, 0.2) is 0 Å². The van der Waals surface area contributed by atoms with Crippen molar-refractivity contribution in [1.29, 1.82) is 0 Å². The van der Waals surface area contributed by atoms with E-state index < -0.39 is 0 Å². The Hall–Kier alpha value is -1.24. The fourth-order valence-corrected chi connectivity index (χ4v) is 4.32. The van der Waals surface area contributed by atoms with Gasteiger partial charge in [-0.3, -0.25) is 0 Å². The minimum absolute atomic E-state index is 0.704. The van der Waals surface area contributed by atoms with Gasteiger partial charge in [0.25, 0.3) is 0 Å². The number of fused-ring (bicyclic) bond motifs is 2. The molecule has 0 radical (unpaired) electrons. The van der Waals surface area contributed by atoms with Crippen LogP contribution in [0.4, 0.5) is 0 Å². The normalized spacial score (nSPS) is 32.4. The second kappa shape index (κ2) is 5.27. The Morgan fingerprint density at radius 3 is 2.35 bits per heavy atom. The second-order valence-corrected chi connectivity index (χ2v) is 6.94. The van der Waals surface area contributed by atoms with Crippen LogP contribution in [0.2, 0.25) is 0 Å². The zero-order valence-electron chi connectivity index (χ0n) is 13.1. The van der Waals surface area contributed by atoms with Crippen LogP contribution in [-0.4, -0.2) is 7.11 Å². The summed E-state index contributed by atoms with van der Waals surface area (Å²) in [6.45, 7) is 7.11. The molecule has 1 saturated carbocycles. The minimum atomic E-state index is 0.704. The number of methoxy groups -OCH3 is 1. The highest BCUT2D eigenvalue weighted by Crippen LogP contribution is 2.53. The Bertz CT molecular complexity index is 497. The van der Waals surface area contributed by atoms with Gasteiger partial charge in [0.05, 0.1) is 7.11 Å². The fraction of sp³-hybridized carbons (Fsp3) is 0.579. The van der Waals surface area contributed by atoms with E-state index in [4.69, 9.17) is 4.74 Å². The molecule has 3 aliphatic carbocycles. The number of allylic oxidation sites excluding steroid dienone is 2. The summed E-state index contributed by atoms with van der Waals surface area (Å²) in [5.41, 5.74) is 3.13. The first-order valence-electron chi connectivity index (χ1n) is 7.92. The summed E-state index contributed by atoms with van der Waals surface area (Å²) in [6.07, 6.45) is 5.32. The molecule has 1 nitrogen and oxygen atoms in total. The van der Waals surface area contributed by atoms with Crippen molar-refractivity contribution in [2.75, 3.05) is 7.11 Å². The second-order valence-electron chi connectivity index (χ2n) is 6.94. The van der Waals surface area contributed by atoms with E-state index in [1.807, 2.05) is 0 Å². The number of hydrogen-bond acceptors (Lipinski definition) is 1. The van der Waals surface area contributed by atoms with Crippen molar-refractivity contribution in [3.8, 4) is 5.75 Å². The Morgan fingerprint density at radius 2 is 1.80 bits per heavy atom. The third-order valence-corrected chi connectivity index (χ3v) is 5.55. The van der Waals surface area contributed by atoms with Crippen molar-refractivity contribution in [3.63, 3.8) is 0 Å². The topological polar surface area (TPSA) is 9.23 Å². The third kappa shape index (κ3) is 2.28. The molecule has 1 heteroatoms. The summed E-state index contributed by atoms with van der Waals surface area (Å²) in [7, 11) is 1.73.